The zero-order chi connectivity index (χ0) is 24.1. The first-order valence-electron chi connectivity index (χ1n) is 11.5. The van der Waals surface area contributed by atoms with Gasteiger partial charge in [-0.1, -0.05) is 70.8 Å². The fourth-order valence-electron chi connectivity index (χ4n) is 3.32. The van der Waals surface area contributed by atoms with Crippen LogP contribution >= 0.6 is 0 Å². The van der Waals surface area contributed by atoms with E-state index in [0.29, 0.717) is 6.42 Å². The minimum Gasteiger partial charge on any atom is -0.426 e. The number of carbonyl (C=O) groups is 1. The molecule has 0 N–H and O–H groups in total. The molecular weight excluding hydrogens is 436 g/mol. The van der Waals surface area contributed by atoms with E-state index in [2.05, 4.69) is 17.2 Å². The van der Waals surface area contributed by atoms with Crippen LogP contribution in [0.5, 0.6) is 5.75 Å². The van der Waals surface area contributed by atoms with Gasteiger partial charge in [-0.05, 0) is 18.6 Å². The van der Waals surface area contributed by atoms with Gasteiger partial charge in [-0.15, -0.1) is 10.2 Å². The number of hydrogen-bond donors (Lipinski definition) is 0. The Morgan fingerprint density at radius 3 is 1.70 bits per heavy atom. The Morgan fingerprint density at radius 2 is 1.18 bits per heavy atom. The Morgan fingerprint density at radius 1 is 0.727 bits per heavy atom. The van der Waals surface area contributed by atoms with Crippen LogP contribution in [0, 0.1) is 23.3 Å². The van der Waals surface area contributed by atoms with Gasteiger partial charge in [0, 0.05) is 18.6 Å². The summed E-state index contributed by atoms with van der Waals surface area (Å²) in [4.78, 5) is 11.9. The van der Waals surface area contributed by atoms with Crippen LogP contribution in [0.15, 0.2) is 40.6 Å². The SMILES string of the molecule is CCCCCCCCCCCCC(=O)Oc1cc(F)c(/N=N/c2c(F)cccc2F)c(F)c1. The third kappa shape index (κ3) is 9.32. The number of halogens is 4. The first kappa shape index (κ1) is 26.5. The topological polar surface area (TPSA) is 51.0 Å². The lowest BCUT2D eigenvalue weighted by Crippen LogP contribution is -2.08. The molecule has 0 fully saturated rings. The number of hydrogen-bond acceptors (Lipinski definition) is 4. The molecule has 0 saturated heterocycles. The molecule has 0 aliphatic rings. The highest BCUT2D eigenvalue weighted by Crippen LogP contribution is 2.30. The van der Waals surface area contributed by atoms with E-state index in [1.165, 1.54) is 38.5 Å². The molecule has 0 amide bonds. The highest BCUT2D eigenvalue weighted by Gasteiger charge is 2.15. The molecule has 2 aromatic rings. The van der Waals surface area contributed by atoms with Crippen LogP contribution in [0.1, 0.15) is 77.6 Å². The third-order valence-electron chi connectivity index (χ3n) is 5.14. The van der Waals surface area contributed by atoms with E-state index in [0.717, 1.165) is 49.6 Å². The van der Waals surface area contributed by atoms with E-state index in [9.17, 15) is 22.4 Å². The number of azo groups is 1. The average Bonchev–Trinajstić information content (AvgIpc) is 2.76. The molecule has 8 heteroatoms. The second-order valence-electron chi connectivity index (χ2n) is 7.91. The Kier molecular flexibility index (Phi) is 11.6. The lowest BCUT2D eigenvalue weighted by atomic mass is 10.1. The van der Waals surface area contributed by atoms with E-state index in [-0.39, 0.29) is 12.2 Å². The molecule has 0 saturated carbocycles. The maximum Gasteiger partial charge on any atom is 0.311 e. The fraction of sp³-hybridized carbons (Fsp3) is 0.480. The maximum atomic E-state index is 14.2. The van der Waals surface area contributed by atoms with Crippen molar-refractivity contribution in [1.29, 1.82) is 0 Å². The molecule has 33 heavy (non-hydrogen) atoms. The molecule has 4 nitrogen and oxygen atoms in total. The van der Waals surface area contributed by atoms with Crippen molar-refractivity contribution in [1.82, 2.24) is 0 Å². The van der Waals surface area contributed by atoms with Gasteiger partial charge in [-0.3, -0.25) is 4.79 Å². The van der Waals surface area contributed by atoms with Crippen LogP contribution in [0.2, 0.25) is 0 Å². The van der Waals surface area contributed by atoms with Gasteiger partial charge in [0.05, 0.1) is 0 Å². The largest absolute Gasteiger partial charge is 0.426 e. The monoisotopic (exact) mass is 466 g/mol. The molecule has 0 spiro atoms. The summed E-state index contributed by atoms with van der Waals surface area (Å²) in [5.41, 5.74) is -1.60. The number of esters is 1. The summed E-state index contributed by atoms with van der Waals surface area (Å²) in [6.45, 7) is 2.19. The predicted octanol–water partition coefficient (Wildman–Crippen LogP) is 8.87. The van der Waals surface area contributed by atoms with Crippen molar-refractivity contribution < 1.29 is 27.1 Å². The molecule has 0 heterocycles. The van der Waals surface area contributed by atoms with Crippen LogP contribution in [-0.4, -0.2) is 5.97 Å². The van der Waals surface area contributed by atoms with Crippen LogP contribution in [0.4, 0.5) is 28.9 Å². The third-order valence-corrected chi connectivity index (χ3v) is 5.14. The van der Waals surface area contributed by atoms with Gasteiger partial charge in [0.15, 0.2) is 34.6 Å². The van der Waals surface area contributed by atoms with E-state index >= 15 is 0 Å². The molecule has 2 aromatic carbocycles. The molecule has 0 radical (unpaired) electrons. The van der Waals surface area contributed by atoms with Crippen LogP contribution in [0.3, 0.4) is 0 Å². The zero-order valence-electron chi connectivity index (χ0n) is 18.9. The van der Waals surface area contributed by atoms with Crippen LogP contribution in [0.25, 0.3) is 0 Å². The second kappa shape index (κ2) is 14.4. The summed E-state index contributed by atoms with van der Waals surface area (Å²) in [7, 11) is 0. The molecule has 0 atom stereocenters. The lowest BCUT2D eigenvalue weighted by Gasteiger charge is -2.07. The summed E-state index contributed by atoms with van der Waals surface area (Å²) in [5.74, 6) is -5.27. The van der Waals surface area contributed by atoms with E-state index < -0.39 is 40.6 Å². The predicted molar refractivity (Wildman–Crippen MR) is 119 cm³/mol. The average molecular weight is 467 g/mol. The van der Waals surface area contributed by atoms with Crippen LogP contribution < -0.4 is 4.74 Å². The van der Waals surface area contributed by atoms with Crippen molar-refractivity contribution in [3.8, 4) is 5.75 Å². The van der Waals surface area contributed by atoms with Gasteiger partial charge in [-0.2, -0.15) is 0 Å². The first-order valence-corrected chi connectivity index (χ1v) is 11.5. The smallest absolute Gasteiger partial charge is 0.311 e. The Bertz CT molecular complexity index is 891. The Balaban J connectivity index is 1.78. The quantitative estimate of drug-likeness (QED) is 0.0918. The number of carbonyl (C=O) groups excluding carboxylic acids is 1. The summed E-state index contributed by atoms with van der Waals surface area (Å²) in [5, 5.41) is 6.54. The maximum absolute atomic E-state index is 14.2. The standard InChI is InChI=1S/C25H30F4N2O2/c1-2-3-4-5-6-7-8-9-10-11-15-23(32)33-18-16-21(28)25(22(29)17-18)31-30-24-19(26)13-12-14-20(24)27/h12-14,16-17H,2-11,15H2,1H3/b31-30+. The number of nitrogens with zero attached hydrogens (tertiary/aromatic N) is 2. The van der Waals surface area contributed by atoms with Crippen molar-refractivity contribution in [2.24, 2.45) is 10.2 Å². The van der Waals surface area contributed by atoms with Crippen LogP contribution in [-0.2, 0) is 4.79 Å². The van der Waals surface area contributed by atoms with Crippen molar-refractivity contribution >= 4 is 17.3 Å². The van der Waals surface area contributed by atoms with Crippen molar-refractivity contribution in [2.75, 3.05) is 0 Å². The van der Waals surface area contributed by atoms with Crippen molar-refractivity contribution in [3.63, 3.8) is 0 Å². The summed E-state index contributed by atoms with van der Waals surface area (Å²) in [6.07, 6.45) is 11.4. The van der Waals surface area contributed by atoms with Gasteiger partial charge in [0.25, 0.3) is 0 Å². The van der Waals surface area contributed by atoms with Crippen molar-refractivity contribution in [3.05, 3.63) is 53.6 Å². The highest BCUT2D eigenvalue weighted by atomic mass is 19.1. The summed E-state index contributed by atoms with van der Waals surface area (Å²) < 4.78 is 60.6. The minimum absolute atomic E-state index is 0.147. The highest BCUT2D eigenvalue weighted by molar-refractivity contribution is 5.72. The van der Waals surface area contributed by atoms with E-state index in [1.54, 1.807) is 0 Å². The molecule has 2 rings (SSSR count). The summed E-state index contributed by atoms with van der Waals surface area (Å²) in [6, 6.07) is 4.59. The number of unbranched alkanes of at least 4 members (excludes halogenated alkanes) is 9. The molecule has 180 valence electrons. The van der Waals surface area contributed by atoms with E-state index in [4.69, 9.17) is 4.74 Å². The normalized spacial score (nSPS) is 11.3. The molecule has 0 aliphatic carbocycles. The van der Waals surface area contributed by atoms with E-state index in [1.807, 2.05) is 0 Å². The lowest BCUT2D eigenvalue weighted by molar-refractivity contribution is -0.134. The van der Waals surface area contributed by atoms with Gasteiger partial charge < -0.3 is 4.74 Å². The van der Waals surface area contributed by atoms with Gasteiger partial charge >= 0.3 is 5.97 Å². The van der Waals surface area contributed by atoms with Crippen molar-refractivity contribution in [2.45, 2.75) is 77.6 Å². The van der Waals surface area contributed by atoms with Gasteiger partial charge in [-0.25, -0.2) is 17.6 Å². The first-order chi connectivity index (χ1) is 15.9. The number of rotatable bonds is 14. The second-order valence-corrected chi connectivity index (χ2v) is 7.91. The number of benzene rings is 2. The fourth-order valence-corrected chi connectivity index (χ4v) is 3.32. The Hall–Kier alpha value is -2.77. The molecule has 0 bridgehead atoms. The summed E-state index contributed by atoms with van der Waals surface area (Å²) >= 11 is 0. The number of ether oxygens (including phenoxy) is 1. The zero-order valence-corrected chi connectivity index (χ0v) is 18.9. The minimum atomic E-state index is -1.17. The Labute approximate surface area is 192 Å². The molecule has 0 unspecified atom stereocenters. The van der Waals surface area contributed by atoms with Gasteiger partial charge in [0.2, 0.25) is 0 Å². The molecule has 0 aliphatic heterocycles. The molecular formula is C25H30F4N2O2. The molecule has 0 aromatic heterocycles. The van der Waals surface area contributed by atoms with Gasteiger partial charge in [0.1, 0.15) is 5.75 Å².